The Kier molecular flexibility index (Phi) is 5.61. The monoisotopic (exact) mass is 241 g/mol. The van der Waals surface area contributed by atoms with Crippen LogP contribution in [0.3, 0.4) is 0 Å². The highest BCUT2D eigenvalue weighted by molar-refractivity contribution is 5.23. The molecule has 1 rings (SSSR count). The summed E-state index contributed by atoms with van der Waals surface area (Å²) in [5.41, 5.74) is 3.50. The molecule has 0 amide bonds. The normalized spacial score (nSPS) is 13.0. The van der Waals surface area contributed by atoms with Crippen molar-refractivity contribution in [2.75, 3.05) is 20.3 Å². The Bertz CT molecular complexity index is 350. The fraction of sp³-hybridized carbons (Fsp3) is 0.750. The van der Waals surface area contributed by atoms with Crippen LogP contribution in [0.15, 0.2) is 0 Å². The molecule has 0 aliphatic rings. The first kappa shape index (κ1) is 14.2. The van der Waals surface area contributed by atoms with Crippen LogP contribution in [0, 0.1) is 13.8 Å². The number of hydrogen-bond acceptors (Lipinski definition) is 4. The largest absolute Gasteiger partial charge is 0.391 e. The number of aliphatic hydroxyl groups is 1. The maximum Gasteiger partial charge on any atom is 0.0785 e. The second-order valence-electron chi connectivity index (χ2n) is 4.35. The zero-order valence-corrected chi connectivity index (χ0v) is 11.2. The lowest BCUT2D eigenvalue weighted by Gasteiger charge is -2.10. The van der Waals surface area contributed by atoms with Gasteiger partial charge >= 0.3 is 0 Å². The minimum atomic E-state index is -0.386. The van der Waals surface area contributed by atoms with Crippen LogP contribution in [0.4, 0.5) is 0 Å². The molecule has 0 saturated carbocycles. The van der Waals surface area contributed by atoms with Crippen LogP contribution in [-0.2, 0) is 18.3 Å². The van der Waals surface area contributed by atoms with E-state index >= 15 is 0 Å². The molecule has 1 aromatic rings. The van der Waals surface area contributed by atoms with E-state index in [1.165, 1.54) is 11.3 Å². The van der Waals surface area contributed by atoms with Crippen LogP contribution in [0.25, 0.3) is 0 Å². The fourth-order valence-electron chi connectivity index (χ4n) is 1.83. The molecule has 5 nitrogen and oxygen atoms in total. The van der Waals surface area contributed by atoms with Gasteiger partial charge in [0.1, 0.15) is 0 Å². The van der Waals surface area contributed by atoms with Crippen LogP contribution in [0.1, 0.15) is 23.4 Å². The standard InChI is InChI=1S/C12H23N3O2/c1-9-12(10(2)15(3)14-9)7-13-6-5-11(16)8-17-4/h11,13,16H,5-8H2,1-4H3. The van der Waals surface area contributed by atoms with E-state index in [4.69, 9.17) is 4.74 Å². The van der Waals surface area contributed by atoms with Gasteiger partial charge in [-0.1, -0.05) is 0 Å². The smallest absolute Gasteiger partial charge is 0.0785 e. The summed E-state index contributed by atoms with van der Waals surface area (Å²) in [6, 6.07) is 0. The first-order valence-corrected chi connectivity index (χ1v) is 5.93. The number of ether oxygens (including phenoxy) is 1. The highest BCUT2D eigenvalue weighted by Gasteiger charge is 2.09. The quantitative estimate of drug-likeness (QED) is 0.683. The third-order valence-corrected chi connectivity index (χ3v) is 2.97. The molecular formula is C12H23N3O2. The summed E-state index contributed by atoms with van der Waals surface area (Å²) in [5.74, 6) is 0. The highest BCUT2D eigenvalue weighted by Crippen LogP contribution is 2.11. The SMILES string of the molecule is COCC(O)CCNCc1c(C)nn(C)c1C. The highest BCUT2D eigenvalue weighted by atomic mass is 16.5. The second kappa shape index (κ2) is 6.74. The summed E-state index contributed by atoms with van der Waals surface area (Å²) in [6.07, 6.45) is 0.315. The van der Waals surface area contributed by atoms with E-state index in [0.717, 1.165) is 18.8 Å². The Morgan fingerprint density at radius 3 is 2.71 bits per heavy atom. The summed E-state index contributed by atoms with van der Waals surface area (Å²) in [5, 5.41) is 17.2. The van der Waals surface area contributed by atoms with Gasteiger partial charge in [-0.2, -0.15) is 5.10 Å². The first-order chi connectivity index (χ1) is 8.06. The third kappa shape index (κ3) is 4.11. The number of methoxy groups -OCH3 is 1. The van der Waals surface area contributed by atoms with Crippen molar-refractivity contribution in [2.24, 2.45) is 7.05 Å². The predicted molar refractivity (Wildman–Crippen MR) is 66.9 cm³/mol. The van der Waals surface area contributed by atoms with E-state index in [2.05, 4.69) is 17.3 Å². The van der Waals surface area contributed by atoms with Crippen molar-refractivity contribution < 1.29 is 9.84 Å². The van der Waals surface area contributed by atoms with Crippen LogP contribution >= 0.6 is 0 Å². The maximum absolute atomic E-state index is 9.48. The number of aryl methyl sites for hydroxylation is 2. The maximum atomic E-state index is 9.48. The molecule has 0 radical (unpaired) electrons. The molecular weight excluding hydrogens is 218 g/mol. The lowest BCUT2D eigenvalue weighted by Crippen LogP contribution is -2.23. The lowest BCUT2D eigenvalue weighted by molar-refractivity contribution is 0.0594. The molecule has 98 valence electrons. The van der Waals surface area contributed by atoms with E-state index in [1.807, 2.05) is 18.7 Å². The molecule has 5 heteroatoms. The Morgan fingerprint density at radius 1 is 1.47 bits per heavy atom. The Balaban J connectivity index is 2.31. The predicted octanol–water partition coefficient (Wildman–Crippen LogP) is 0.524. The van der Waals surface area contributed by atoms with Gasteiger partial charge in [0.25, 0.3) is 0 Å². The van der Waals surface area contributed by atoms with Gasteiger partial charge in [0, 0.05) is 32.0 Å². The third-order valence-electron chi connectivity index (χ3n) is 2.97. The van der Waals surface area contributed by atoms with Crippen LogP contribution in [-0.4, -0.2) is 41.3 Å². The van der Waals surface area contributed by atoms with Crippen molar-refractivity contribution in [1.82, 2.24) is 15.1 Å². The molecule has 17 heavy (non-hydrogen) atoms. The summed E-state index contributed by atoms with van der Waals surface area (Å²) in [7, 11) is 3.55. The number of aromatic nitrogens is 2. The average molecular weight is 241 g/mol. The van der Waals surface area contributed by atoms with Gasteiger partial charge in [-0.3, -0.25) is 4.68 Å². The topological polar surface area (TPSA) is 59.3 Å². The molecule has 0 bridgehead atoms. The Labute approximate surface area is 103 Å². The van der Waals surface area contributed by atoms with E-state index in [0.29, 0.717) is 13.0 Å². The van der Waals surface area contributed by atoms with Gasteiger partial charge < -0.3 is 15.2 Å². The van der Waals surface area contributed by atoms with E-state index in [1.54, 1.807) is 7.11 Å². The zero-order valence-electron chi connectivity index (χ0n) is 11.2. The van der Waals surface area contributed by atoms with E-state index in [9.17, 15) is 5.11 Å². The van der Waals surface area contributed by atoms with Crippen LogP contribution < -0.4 is 5.32 Å². The molecule has 0 aromatic carbocycles. The lowest BCUT2D eigenvalue weighted by atomic mass is 10.2. The Morgan fingerprint density at radius 2 is 2.18 bits per heavy atom. The van der Waals surface area contributed by atoms with Gasteiger partial charge in [0.2, 0.25) is 0 Å². The van der Waals surface area contributed by atoms with Gasteiger partial charge in [-0.15, -0.1) is 0 Å². The number of aliphatic hydroxyl groups excluding tert-OH is 1. The molecule has 1 atom stereocenters. The van der Waals surface area contributed by atoms with Gasteiger partial charge in [0.05, 0.1) is 18.4 Å². The molecule has 0 saturated heterocycles. The minimum absolute atomic E-state index is 0.386. The summed E-state index contributed by atoms with van der Waals surface area (Å²) in [4.78, 5) is 0. The first-order valence-electron chi connectivity index (χ1n) is 5.93. The van der Waals surface area contributed by atoms with E-state index in [-0.39, 0.29) is 6.10 Å². The molecule has 2 N–H and O–H groups in total. The number of rotatable bonds is 7. The van der Waals surface area contributed by atoms with Crippen molar-refractivity contribution in [2.45, 2.75) is 32.9 Å². The van der Waals surface area contributed by atoms with Crippen LogP contribution in [0.5, 0.6) is 0 Å². The molecule has 0 spiro atoms. The minimum Gasteiger partial charge on any atom is -0.391 e. The molecule has 1 aromatic heterocycles. The zero-order chi connectivity index (χ0) is 12.8. The number of nitrogens with zero attached hydrogens (tertiary/aromatic N) is 2. The molecule has 0 fully saturated rings. The fourth-order valence-corrected chi connectivity index (χ4v) is 1.83. The van der Waals surface area contributed by atoms with Crippen molar-refractivity contribution in [1.29, 1.82) is 0 Å². The molecule has 1 unspecified atom stereocenters. The molecule has 0 aliphatic carbocycles. The number of hydrogen-bond donors (Lipinski definition) is 2. The van der Waals surface area contributed by atoms with Crippen molar-refractivity contribution >= 4 is 0 Å². The van der Waals surface area contributed by atoms with Crippen molar-refractivity contribution in [3.8, 4) is 0 Å². The van der Waals surface area contributed by atoms with Crippen LogP contribution in [0.2, 0.25) is 0 Å². The molecule has 0 aliphatic heterocycles. The van der Waals surface area contributed by atoms with Gasteiger partial charge in [-0.05, 0) is 26.8 Å². The summed E-state index contributed by atoms with van der Waals surface area (Å²) >= 11 is 0. The summed E-state index contributed by atoms with van der Waals surface area (Å²) < 4.78 is 6.76. The van der Waals surface area contributed by atoms with Gasteiger partial charge in [0.15, 0.2) is 0 Å². The second-order valence-corrected chi connectivity index (χ2v) is 4.35. The average Bonchev–Trinajstić information content (AvgIpc) is 2.50. The molecule has 1 heterocycles. The summed E-state index contributed by atoms with van der Waals surface area (Å²) in [6.45, 7) is 6.05. The van der Waals surface area contributed by atoms with E-state index < -0.39 is 0 Å². The van der Waals surface area contributed by atoms with Crippen molar-refractivity contribution in [3.05, 3.63) is 17.0 Å². The van der Waals surface area contributed by atoms with Gasteiger partial charge in [-0.25, -0.2) is 0 Å². The Hall–Kier alpha value is -0.910. The number of nitrogens with one attached hydrogen (secondary N) is 1. The van der Waals surface area contributed by atoms with Crippen molar-refractivity contribution in [3.63, 3.8) is 0 Å².